The van der Waals surface area contributed by atoms with Gasteiger partial charge in [0.05, 0.1) is 28.3 Å². The first-order valence-corrected chi connectivity index (χ1v) is 13.9. The number of rotatable bonds is 7. The van der Waals surface area contributed by atoms with Crippen molar-refractivity contribution in [3.63, 3.8) is 0 Å². The number of hydrogen-bond acceptors (Lipinski definition) is 7. The van der Waals surface area contributed by atoms with Gasteiger partial charge >= 0.3 is 6.09 Å². The van der Waals surface area contributed by atoms with Crippen molar-refractivity contribution in [2.24, 2.45) is 0 Å². The lowest BCUT2D eigenvalue weighted by Gasteiger charge is -2.30. The minimum Gasteiger partial charge on any atom is -0.457 e. The van der Waals surface area contributed by atoms with Crippen molar-refractivity contribution < 1.29 is 23.8 Å². The fourth-order valence-corrected chi connectivity index (χ4v) is 4.68. The molecule has 0 bridgehead atoms. The van der Waals surface area contributed by atoms with Gasteiger partial charge in [-0.15, -0.1) is 0 Å². The minimum absolute atomic E-state index is 0.0191. The molecule has 0 saturated heterocycles. The lowest BCUT2D eigenvalue weighted by Crippen LogP contribution is -2.45. The van der Waals surface area contributed by atoms with Crippen LogP contribution in [0.3, 0.4) is 0 Å². The summed E-state index contributed by atoms with van der Waals surface area (Å²) < 4.78 is 17.3. The van der Waals surface area contributed by atoms with Crippen LogP contribution in [0.4, 0.5) is 4.79 Å². The molecule has 3 aromatic rings. The zero-order valence-corrected chi connectivity index (χ0v) is 24.3. The van der Waals surface area contributed by atoms with E-state index in [0.29, 0.717) is 65.4 Å². The van der Waals surface area contributed by atoms with Crippen LogP contribution in [-0.4, -0.2) is 29.7 Å². The Morgan fingerprint density at radius 3 is 1.93 bits per heavy atom. The molecule has 4 rings (SSSR count). The first kappa shape index (κ1) is 30.2. The number of nitrogens with zero attached hydrogens (tertiary/aromatic N) is 2. The highest BCUT2D eigenvalue weighted by Crippen LogP contribution is 2.34. The zero-order valence-electron chi connectivity index (χ0n) is 23.6. The molecule has 216 valence electrons. The fourth-order valence-electron chi connectivity index (χ4n) is 4.46. The second kappa shape index (κ2) is 13.3. The van der Waals surface area contributed by atoms with Gasteiger partial charge in [0, 0.05) is 23.7 Å². The third kappa shape index (κ3) is 8.63. The monoisotopic (exact) mass is 586 g/mol. The largest absolute Gasteiger partial charge is 0.457 e. The van der Waals surface area contributed by atoms with Crippen molar-refractivity contribution in [2.75, 3.05) is 0 Å². The van der Waals surface area contributed by atoms with Crippen LogP contribution in [-0.2, 0) is 4.74 Å². The molecular formula is C32H31ClN4O5. The van der Waals surface area contributed by atoms with Crippen molar-refractivity contribution in [1.29, 1.82) is 10.5 Å². The predicted octanol–water partition coefficient (Wildman–Crippen LogP) is 7.23. The molecule has 0 aliphatic heterocycles. The summed E-state index contributed by atoms with van der Waals surface area (Å²) in [5, 5.41) is 24.4. The normalized spacial score (nSPS) is 16.3. The van der Waals surface area contributed by atoms with Crippen LogP contribution in [0.5, 0.6) is 23.0 Å². The number of nitriles is 2. The highest BCUT2D eigenvalue weighted by atomic mass is 35.5. The summed E-state index contributed by atoms with van der Waals surface area (Å²) in [6, 6.07) is 20.1. The summed E-state index contributed by atoms with van der Waals surface area (Å²) in [5.74, 6) is 1.14. The lowest BCUT2D eigenvalue weighted by molar-refractivity contribution is 0.0488. The first-order chi connectivity index (χ1) is 20.0. The number of carbonyl (C=O) groups is 2. The van der Waals surface area contributed by atoms with Gasteiger partial charge in [-0.25, -0.2) is 4.79 Å². The summed E-state index contributed by atoms with van der Waals surface area (Å²) >= 11 is 6.31. The number of alkyl carbamates (subject to hydrolysis) is 1. The summed E-state index contributed by atoms with van der Waals surface area (Å²) in [5.41, 5.74) is 0.629. The Bertz CT molecular complexity index is 1530. The smallest absolute Gasteiger partial charge is 0.407 e. The molecule has 2 amide bonds. The second-order valence-corrected chi connectivity index (χ2v) is 11.4. The molecule has 1 saturated carbocycles. The summed E-state index contributed by atoms with van der Waals surface area (Å²) in [7, 11) is 0. The summed E-state index contributed by atoms with van der Waals surface area (Å²) in [6.45, 7) is 5.45. The zero-order chi connectivity index (χ0) is 30.3. The standard InChI is InChI=1S/C32H31ClN4O5/c1-32(2,3)42-31(39)37-24-9-7-23(8-10-24)36-30(38)22-15-26(40-25-11-4-20(18-34)5-12-25)17-27(16-22)41-29-13-6-21(19-35)14-28(29)33/h4-6,11-17,23-24H,7-10H2,1-3H3,(H,36,38)(H,37,39). The third-order valence-corrected chi connectivity index (χ3v) is 6.73. The Labute approximate surface area is 250 Å². The predicted molar refractivity (Wildman–Crippen MR) is 157 cm³/mol. The summed E-state index contributed by atoms with van der Waals surface area (Å²) in [6.07, 6.45) is 2.36. The first-order valence-electron chi connectivity index (χ1n) is 13.5. The van der Waals surface area contributed by atoms with E-state index in [1.165, 1.54) is 6.07 Å². The van der Waals surface area contributed by atoms with Gasteiger partial charge in [0.2, 0.25) is 0 Å². The number of nitrogens with one attached hydrogen (secondary N) is 2. The molecule has 0 atom stereocenters. The van der Waals surface area contributed by atoms with Gasteiger partial charge in [-0.1, -0.05) is 11.6 Å². The molecule has 1 aliphatic rings. The molecule has 10 heteroatoms. The number of halogens is 1. The van der Waals surface area contributed by atoms with Gasteiger partial charge in [0.1, 0.15) is 28.6 Å². The van der Waals surface area contributed by atoms with E-state index in [1.807, 2.05) is 26.8 Å². The van der Waals surface area contributed by atoms with Gasteiger partial charge in [-0.3, -0.25) is 4.79 Å². The number of carbonyl (C=O) groups excluding carboxylic acids is 2. The molecule has 3 aromatic carbocycles. The van der Waals surface area contributed by atoms with Crippen LogP contribution >= 0.6 is 11.6 Å². The lowest BCUT2D eigenvalue weighted by atomic mass is 9.91. The van der Waals surface area contributed by atoms with Crippen molar-refractivity contribution in [3.05, 3.63) is 82.4 Å². The van der Waals surface area contributed by atoms with Crippen LogP contribution in [0.25, 0.3) is 0 Å². The van der Waals surface area contributed by atoms with Gasteiger partial charge in [-0.2, -0.15) is 10.5 Å². The van der Waals surface area contributed by atoms with Crippen LogP contribution in [0, 0.1) is 22.7 Å². The fraction of sp³-hybridized carbons (Fsp3) is 0.312. The molecule has 0 spiro atoms. The van der Waals surface area contributed by atoms with Crippen molar-refractivity contribution in [1.82, 2.24) is 10.6 Å². The maximum absolute atomic E-state index is 13.4. The Morgan fingerprint density at radius 1 is 0.786 bits per heavy atom. The molecule has 42 heavy (non-hydrogen) atoms. The molecule has 0 radical (unpaired) electrons. The number of ether oxygens (including phenoxy) is 3. The Hall–Kier alpha value is -4.73. The van der Waals surface area contributed by atoms with Gasteiger partial charge < -0.3 is 24.8 Å². The quantitative estimate of drug-likeness (QED) is 0.298. The van der Waals surface area contributed by atoms with Crippen LogP contribution in [0.2, 0.25) is 5.02 Å². The number of amides is 2. The maximum atomic E-state index is 13.4. The second-order valence-electron chi connectivity index (χ2n) is 11.0. The molecule has 0 aromatic heterocycles. The maximum Gasteiger partial charge on any atom is 0.407 e. The Kier molecular flexibility index (Phi) is 9.57. The molecular weight excluding hydrogens is 556 g/mol. The van der Waals surface area contributed by atoms with E-state index < -0.39 is 11.7 Å². The van der Waals surface area contributed by atoms with E-state index in [2.05, 4.69) is 16.7 Å². The molecule has 0 heterocycles. The average molecular weight is 587 g/mol. The topological polar surface area (TPSA) is 133 Å². The number of hydrogen-bond donors (Lipinski definition) is 2. The molecule has 1 fully saturated rings. The number of benzene rings is 3. The summed E-state index contributed by atoms with van der Waals surface area (Å²) in [4.78, 5) is 25.5. The average Bonchev–Trinajstić information content (AvgIpc) is 2.94. The van der Waals surface area contributed by atoms with E-state index in [-0.39, 0.29) is 23.0 Å². The molecule has 0 unspecified atom stereocenters. The molecule has 9 nitrogen and oxygen atoms in total. The van der Waals surface area contributed by atoms with Gasteiger partial charge in [0.25, 0.3) is 5.91 Å². The third-order valence-electron chi connectivity index (χ3n) is 6.43. The van der Waals surface area contributed by atoms with E-state index in [4.69, 9.17) is 36.3 Å². The Morgan fingerprint density at radius 2 is 1.36 bits per heavy atom. The Balaban J connectivity index is 1.48. The SMILES string of the molecule is CC(C)(C)OC(=O)NC1CCC(NC(=O)c2cc(Oc3ccc(C#N)cc3)cc(Oc3ccc(C#N)cc3Cl)c2)CC1. The van der Waals surface area contributed by atoms with Crippen molar-refractivity contribution in [3.8, 4) is 35.1 Å². The van der Waals surface area contributed by atoms with Crippen LogP contribution in [0.15, 0.2) is 60.7 Å². The minimum atomic E-state index is -0.568. The van der Waals surface area contributed by atoms with Gasteiger partial charge in [-0.05, 0) is 101 Å². The van der Waals surface area contributed by atoms with Gasteiger partial charge in [0.15, 0.2) is 0 Å². The van der Waals surface area contributed by atoms with Crippen LogP contribution in [0.1, 0.15) is 67.9 Å². The van der Waals surface area contributed by atoms with Crippen molar-refractivity contribution in [2.45, 2.75) is 64.1 Å². The van der Waals surface area contributed by atoms with E-state index in [1.54, 1.807) is 54.6 Å². The van der Waals surface area contributed by atoms with Crippen molar-refractivity contribution >= 4 is 23.6 Å². The highest BCUT2D eigenvalue weighted by Gasteiger charge is 2.26. The highest BCUT2D eigenvalue weighted by molar-refractivity contribution is 6.32. The van der Waals surface area contributed by atoms with E-state index in [0.717, 1.165) is 0 Å². The van der Waals surface area contributed by atoms with E-state index >= 15 is 0 Å². The van der Waals surface area contributed by atoms with Crippen LogP contribution < -0.4 is 20.1 Å². The molecule has 2 N–H and O–H groups in total. The molecule has 1 aliphatic carbocycles. The van der Waals surface area contributed by atoms with E-state index in [9.17, 15) is 9.59 Å².